The molecular weight excluding hydrogens is 212 g/mol. The van der Waals surface area contributed by atoms with E-state index in [2.05, 4.69) is 25.8 Å². The van der Waals surface area contributed by atoms with Gasteiger partial charge >= 0.3 is 0 Å². The van der Waals surface area contributed by atoms with Crippen LogP contribution in [0.5, 0.6) is 0 Å². The summed E-state index contributed by atoms with van der Waals surface area (Å²) in [6, 6.07) is 0. The molecule has 0 aromatic carbocycles. The van der Waals surface area contributed by atoms with E-state index in [0.717, 1.165) is 17.4 Å². The molecule has 96 valence electrons. The third-order valence-electron chi connectivity index (χ3n) is 4.19. The monoisotopic (exact) mass is 236 g/mol. The topological polar surface area (TPSA) is 52.0 Å². The normalized spacial score (nSPS) is 26.1. The number of nitrogens with zero attached hydrogens (tertiary/aromatic N) is 1. The largest absolute Gasteiger partial charge is 0.448 e. The van der Waals surface area contributed by atoms with Gasteiger partial charge in [-0.2, -0.15) is 0 Å². The lowest BCUT2D eigenvalue weighted by atomic mass is 9.69. The first-order valence-corrected chi connectivity index (χ1v) is 6.64. The first-order valence-electron chi connectivity index (χ1n) is 6.64. The van der Waals surface area contributed by atoms with Crippen LogP contribution in [-0.2, 0) is 6.54 Å². The molecule has 0 bridgehead atoms. The fourth-order valence-electron chi connectivity index (χ4n) is 2.99. The zero-order valence-electron chi connectivity index (χ0n) is 11.2. The molecule has 1 aromatic rings. The molecule has 3 heteroatoms. The van der Waals surface area contributed by atoms with Gasteiger partial charge in [0.1, 0.15) is 5.76 Å². The SMILES string of the molecule is CC(C)(C)C1CCC(c2ocnc2CN)CC1. The van der Waals surface area contributed by atoms with Crippen LogP contribution in [0.25, 0.3) is 0 Å². The number of hydrogen-bond acceptors (Lipinski definition) is 3. The number of aromatic nitrogens is 1. The van der Waals surface area contributed by atoms with Gasteiger partial charge in [-0.25, -0.2) is 4.98 Å². The molecule has 1 fully saturated rings. The maximum Gasteiger partial charge on any atom is 0.181 e. The Morgan fingerprint density at radius 3 is 2.47 bits per heavy atom. The lowest BCUT2D eigenvalue weighted by Crippen LogP contribution is -2.25. The van der Waals surface area contributed by atoms with E-state index < -0.39 is 0 Å². The van der Waals surface area contributed by atoms with Crippen LogP contribution in [-0.4, -0.2) is 4.98 Å². The average Bonchev–Trinajstić information content (AvgIpc) is 2.76. The highest BCUT2D eigenvalue weighted by Gasteiger charge is 2.32. The van der Waals surface area contributed by atoms with Crippen molar-refractivity contribution < 1.29 is 4.42 Å². The summed E-state index contributed by atoms with van der Waals surface area (Å²) in [5.41, 5.74) is 7.06. The lowest BCUT2D eigenvalue weighted by Gasteiger charge is -2.36. The van der Waals surface area contributed by atoms with E-state index in [1.54, 1.807) is 0 Å². The van der Waals surface area contributed by atoms with E-state index in [4.69, 9.17) is 10.2 Å². The van der Waals surface area contributed by atoms with Crippen molar-refractivity contribution in [2.75, 3.05) is 0 Å². The van der Waals surface area contributed by atoms with E-state index >= 15 is 0 Å². The van der Waals surface area contributed by atoms with E-state index in [0.29, 0.717) is 17.9 Å². The Morgan fingerprint density at radius 2 is 1.94 bits per heavy atom. The first-order chi connectivity index (χ1) is 8.02. The average molecular weight is 236 g/mol. The molecule has 1 aliphatic carbocycles. The Labute approximate surface area is 104 Å². The van der Waals surface area contributed by atoms with Crippen LogP contribution < -0.4 is 5.73 Å². The summed E-state index contributed by atoms with van der Waals surface area (Å²) in [7, 11) is 0. The predicted molar refractivity (Wildman–Crippen MR) is 68.5 cm³/mol. The molecule has 0 spiro atoms. The van der Waals surface area contributed by atoms with Crippen molar-refractivity contribution in [2.24, 2.45) is 17.1 Å². The quantitative estimate of drug-likeness (QED) is 0.855. The summed E-state index contributed by atoms with van der Waals surface area (Å²) in [6.07, 6.45) is 6.54. The van der Waals surface area contributed by atoms with Gasteiger partial charge in [0, 0.05) is 12.5 Å². The lowest BCUT2D eigenvalue weighted by molar-refractivity contribution is 0.163. The molecule has 0 radical (unpaired) electrons. The highest BCUT2D eigenvalue weighted by Crippen LogP contribution is 2.43. The zero-order valence-corrected chi connectivity index (χ0v) is 11.2. The fourth-order valence-corrected chi connectivity index (χ4v) is 2.99. The van der Waals surface area contributed by atoms with Gasteiger partial charge < -0.3 is 10.2 Å². The summed E-state index contributed by atoms with van der Waals surface area (Å²) in [5, 5.41) is 0. The highest BCUT2D eigenvalue weighted by atomic mass is 16.3. The van der Waals surface area contributed by atoms with Gasteiger partial charge in [-0.15, -0.1) is 0 Å². The highest BCUT2D eigenvalue weighted by molar-refractivity contribution is 5.13. The number of nitrogens with two attached hydrogens (primary N) is 1. The molecular formula is C14H24N2O. The van der Waals surface area contributed by atoms with Crippen LogP contribution in [0, 0.1) is 11.3 Å². The molecule has 2 rings (SSSR count). The van der Waals surface area contributed by atoms with Gasteiger partial charge in [-0.1, -0.05) is 20.8 Å². The zero-order chi connectivity index (χ0) is 12.5. The Morgan fingerprint density at radius 1 is 1.29 bits per heavy atom. The summed E-state index contributed by atoms with van der Waals surface area (Å²) in [5.74, 6) is 2.41. The van der Waals surface area contributed by atoms with E-state index in [9.17, 15) is 0 Å². The second kappa shape index (κ2) is 4.81. The number of rotatable bonds is 2. The van der Waals surface area contributed by atoms with Crippen molar-refractivity contribution in [1.82, 2.24) is 4.98 Å². The molecule has 17 heavy (non-hydrogen) atoms. The maximum atomic E-state index is 5.68. The summed E-state index contributed by atoms with van der Waals surface area (Å²) in [4.78, 5) is 4.19. The van der Waals surface area contributed by atoms with Crippen LogP contribution >= 0.6 is 0 Å². The van der Waals surface area contributed by atoms with Crippen LogP contribution in [0.1, 0.15) is 63.8 Å². The standard InChI is InChI=1S/C14H24N2O/c1-14(2,3)11-6-4-10(5-7-11)13-12(8-15)16-9-17-13/h9-11H,4-8,15H2,1-3H3. The number of oxazole rings is 1. The predicted octanol–water partition coefficient (Wildman–Crippen LogP) is 3.45. The molecule has 1 heterocycles. The molecule has 1 aromatic heterocycles. The molecule has 0 amide bonds. The maximum absolute atomic E-state index is 5.68. The minimum absolute atomic E-state index is 0.434. The van der Waals surface area contributed by atoms with Gasteiger partial charge in [0.05, 0.1) is 5.69 Å². The number of hydrogen-bond donors (Lipinski definition) is 1. The smallest absolute Gasteiger partial charge is 0.181 e. The van der Waals surface area contributed by atoms with Gasteiger partial charge in [-0.3, -0.25) is 0 Å². The van der Waals surface area contributed by atoms with Crippen molar-refractivity contribution in [3.8, 4) is 0 Å². The van der Waals surface area contributed by atoms with Crippen LogP contribution in [0.2, 0.25) is 0 Å². The minimum Gasteiger partial charge on any atom is -0.448 e. The van der Waals surface area contributed by atoms with Crippen molar-refractivity contribution in [2.45, 2.75) is 58.9 Å². The molecule has 2 N–H and O–H groups in total. The van der Waals surface area contributed by atoms with Gasteiger partial charge in [0.2, 0.25) is 0 Å². The minimum atomic E-state index is 0.434. The molecule has 1 saturated carbocycles. The molecule has 1 aliphatic rings. The second-order valence-electron chi connectivity index (χ2n) is 6.28. The second-order valence-corrected chi connectivity index (χ2v) is 6.28. The Kier molecular flexibility index (Phi) is 3.57. The van der Waals surface area contributed by atoms with Crippen LogP contribution in [0.3, 0.4) is 0 Å². The third-order valence-corrected chi connectivity index (χ3v) is 4.19. The Balaban J connectivity index is 2.00. The molecule has 0 saturated heterocycles. The van der Waals surface area contributed by atoms with Gasteiger partial charge in [-0.05, 0) is 37.0 Å². The summed E-state index contributed by atoms with van der Waals surface area (Å²) < 4.78 is 5.52. The summed E-state index contributed by atoms with van der Waals surface area (Å²) in [6.45, 7) is 7.53. The van der Waals surface area contributed by atoms with Crippen molar-refractivity contribution in [1.29, 1.82) is 0 Å². The van der Waals surface area contributed by atoms with Crippen molar-refractivity contribution in [3.05, 3.63) is 17.8 Å². The van der Waals surface area contributed by atoms with Crippen molar-refractivity contribution >= 4 is 0 Å². The van der Waals surface area contributed by atoms with Gasteiger partial charge in [0.15, 0.2) is 6.39 Å². The van der Waals surface area contributed by atoms with E-state index in [1.807, 2.05) is 0 Å². The fraction of sp³-hybridized carbons (Fsp3) is 0.786. The summed E-state index contributed by atoms with van der Waals surface area (Å²) >= 11 is 0. The Bertz CT molecular complexity index is 357. The molecule has 3 nitrogen and oxygen atoms in total. The third kappa shape index (κ3) is 2.71. The van der Waals surface area contributed by atoms with E-state index in [1.165, 1.54) is 32.1 Å². The Hall–Kier alpha value is -0.830. The van der Waals surface area contributed by atoms with Crippen molar-refractivity contribution in [3.63, 3.8) is 0 Å². The van der Waals surface area contributed by atoms with Crippen LogP contribution in [0.4, 0.5) is 0 Å². The van der Waals surface area contributed by atoms with E-state index in [-0.39, 0.29) is 0 Å². The van der Waals surface area contributed by atoms with Crippen LogP contribution in [0.15, 0.2) is 10.8 Å². The molecule has 0 aliphatic heterocycles. The first kappa shape index (κ1) is 12.6. The molecule has 0 atom stereocenters. The van der Waals surface area contributed by atoms with Gasteiger partial charge in [0.25, 0.3) is 0 Å². The molecule has 0 unspecified atom stereocenters.